The highest BCUT2D eigenvalue weighted by atomic mass is 16.2. The Bertz CT molecular complexity index is 1500. The molecule has 0 aliphatic heterocycles. The summed E-state index contributed by atoms with van der Waals surface area (Å²) >= 11 is 0. The average molecular weight is 647 g/mol. The maximum absolute atomic E-state index is 13.3. The molecule has 0 bridgehead atoms. The highest BCUT2D eigenvalue weighted by Crippen LogP contribution is 2.20. The second-order valence-corrected chi connectivity index (χ2v) is 11.5. The van der Waals surface area contributed by atoms with Gasteiger partial charge in [0.15, 0.2) is 0 Å². The third kappa shape index (κ3) is 12.3. The van der Waals surface area contributed by atoms with Crippen LogP contribution in [0.15, 0.2) is 66.2 Å². The Labute approximate surface area is 276 Å². The van der Waals surface area contributed by atoms with Crippen LogP contribution in [0.3, 0.4) is 0 Å². The Kier molecular flexibility index (Phi) is 14.1. The van der Waals surface area contributed by atoms with Crippen LogP contribution in [0.5, 0.6) is 0 Å². The van der Waals surface area contributed by atoms with Gasteiger partial charge >= 0.3 is 0 Å². The first kappa shape index (κ1) is 36.4. The number of nitrogens with one attached hydrogen (secondary N) is 4. The molecule has 47 heavy (non-hydrogen) atoms. The summed E-state index contributed by atoms with van der Waals surface area (Å²) in [6.07, 6.45) is 10.3. The number of carbonyl (C=O) groups excluding carboxylic acids is 4. The predicted molar refractivity (Wildman–Crippen MR) is 183 cm³/mol. The van der Waals surface area contributed by atoms with E-state index in [2.05, 4.69) is 41.0 Å². The third-order valence-corrected chi connectivity index (χ3v) is 7.03. The summed E-state index contributed by atoms with van der Waals surface area (Å²) < 4.78 is 0. The number of amides is 4. The molecular formula is C33H46N10O4. The zero-order chi connectivity index (χ0) is 34.3. The molecular weight excluding hydrogens is 600 g/mol. The van der Waals surface area contributed by atoms with Crippen LogP contribution in [0.25, 0.3) is 0 Å². The predicted octanol–water partition coefficient (Wildman–Crippen LogP) is 2.06. The van der Waals surface area contributed by atoms with Gasteiger partial charge in [-0.25, -0.2) is 4.98 Å². The van der Waals surface area contributed by atoms with Gasteiger partial charge in [0.1, 0.15) is 11.4 Å². The molecule has 0 unspecified atom stereocenters. The van der Waals surface area contributed by atoms with Gasteiger partial charge in [0.2, 0.25) is 23.7 Å². The molecule has 1 aromatic heterocycles. The minimum absolute atomic E-state index is 0.109. The number of hydrogen-bond donors (Lipinski definition) is 5. The summed E-state index contributed by atoms with van der Waals surface area (Å²) in [5.74, 6) is -0.914. The molecule has 252 valence electrons. The molecule has 1 aromatic carbocycles. The van der Waals surface area contributed by atoms with E-state index in [1.54, 1.807) is 43.5 Å². The number of carbonyl (C=O) groups is 4. The summed E-state index contributed by atoms with van der Waals surface area (Å²) in [5.41, 5.74) is 7.74. The number of nitrogens with zero attached hydrogens (tertiary/aromatic N) is 5. The van der Waals surface area contributed by atoms with Crippen LogP contribution in [0, 0.1) is 0 Å². The van der Waals surface area contributed by atoms with Crippen LogP contribution in [0.2, 0.25) is 0 Å². The molecule has 0 radical (unpaired) electrons. The van der Waals surface area contributed by atoms with E-state index in [1.807, 2.05) is 34.1 Å². The number of allylic oxidation sites excluding steroid dienone is 3. The summed E-state index contributed by atoms with van der Waals surface area (Å²) in [7, 11) is 7.59. The summed E-state index contributed by atoms with van der Waals surface area (Å²) in [6, 6.07) is 6.55. The summed E-state index contributed by atoms with van der Waals surface area (Å²) in [5, 5.41) is 12.0. The normalized spacial score (nSPS) is 12.8. The molecule has 0 fully saturated rings. The van der Waals surface area contributed by atoms with E-state index in [1.165, 1.54) is 17.2 Å². The number of aromatic nitrogens is 2. The molecule has 1 heterocycles. The molecule has 4 amide bonds. The molecule has 0 saturated carbocycles. The SMILES string of the molecule is CCCNc1nc(Nc2ccc(C(N)=O)cc2)ncc1C(=O)NC1=CCCC(NC(=O)CN(C)C(=O)/C=C/CN(C)CCN(C)C)=C1. The van der Waals surface area contributed by atoms with Crippen LogP contribution in [-0.4, -0.2) is 109 Å². The molecule has 3 rings (SSSR count). The van der Waals surface area contributed by atoms with E-state index in [9.17, 15) is 19.2 Å². The lowest BCUT2D eigenvalue weighted by Crippen LogP contribution is -2.38. The van der Waals surface area contributed by atoms with E-state index in [0.29, 0.717) is 54.4 Å². The van der Waals surface area contributed by atoms with Crippen molar-refractivity contribution in [1.29, 1.82) is 0 Å². The van der Waals surface area contributed by atoms with Crippen molar-refractivity contribution in [1.82, 2.24) is 35.3 Å². The third-order valence-electron chi connectivity index (χ3n) is 7.03. The Balaban J connectivity index is 1.58. The Morgan fingerprint density at radius 1 is 1.02 bits per heavy atom. The van der Waals surface area contributed by atoms with Gasteiger partial charge in [-0.15, -0.1) is 0 Å². The fraction of sp³-hybridized carbons (Fsp3) is 0.394. The molecule has 0 atom stereocenters. The van der Waals surface area contributed by atoms with E-state index in [4.69, 9.17) is 5.73 Å². The first-order valence-corrected chi connectivity index (χ1v) is 15.5. The fourth-order valence-corrected chi connectivity index (χ4v) is 4.35. The molecule has 6 N–H and O–H groups in total. The van der Waals surface area contributed by atoms with Crippen LogP contribution in [0.1, 0.15) is 46.9 Å². The zero-order valence-corrected chi connectivity index (χ0v) is 27.8. The Morgan fingerprint density at radius 3 is 2.45 bits per heavy atom. The second-order valence-electron chi connectivity index (χ2n) is 11.5. The lowest BCUT2D eigenvalue weighted by atomic mass is 10.1. The number of benzene rings is 1. The van der Waals surface area contributed by atoms with Crippen molar-refractivity contribution >= 4 is 41.1 Å². The van der Waals surface area contributed by atoms with Crippen molar-refractivity contribution in [2.75, 3.05) is 71.5 Å². The van der Waals surface area contributed by atoms with Crippen LogP contribution in [0.4, 0.5) is 17.5 Å². The standard InChI is InChI=1S/C33H46N10O4/c1-6-16-35-31-27(21-36-33(40-31)39-24-14-12-23(13-15-24)30(34)46)32(47)38-26-10-7-9-25(20-26)37-28(44)22-43(5)29(45)11-8-17-42(4)19-18-41(2)3/h8,10-15,20-21H,6-7,9,16-19,22H2,1-5H3,(H2,34,46)(H,37,44)(H,38,47)(H2,35,36,39,40)/b11-8+. The van der Waals surface area contributed by atoms with Gasteiger partial charge in [-0.3, -0.25) is 19.2 Å². The van der Waals surface area contributed by atoms with E-state index >= 15 is 0 Å². The van der Waals surface area contributed by atoms with Gasteiger partial charge in [0.05, 0.1) is 6.54 Å². The van der Waals surface area contributed by atoms with Crippen LogP contribution in [-0.2, 0) is 9.59 Å². The first-order valence-electron chi connectivity index (χ1n) is 15.5. The van der Waals surface area contributed by atoms with Crippen molar-refractivity contribution in [2.24, 2.45) is 5.73 Å². The monoisotopic (exact) mass is 646 g/mol. The minimum Gasteiger partial charge on any atom is -0.369 e. The van der Waals surface area contributed by atoms with E-state index in [-0.39, 0.29) is 29.9 Å². The second kappa shape index (κ2) is 18.2. The summed E-state index contributed by atoms with van der Waals surface area (Å²) in [4.78, 5) is 64.2. The Morgan fingerprint density at radius 2 is 1.77 bits per heavy atom. The highest BCUT2D eigenvalue weighted by Gasteiger charge is 2.18. The topological polar surface area (TPSA) is 178 Å². The fourth-order valence-electron chi connectivity index (χ4n) is 4.35. The van der Waals surface area contributed by atoms with Gasteiger partial charge in [-0.05, 0) is 70.7 Å². The van der Waals surface area contributed by atoms with Crippen molar-refractivity contribution in [3.05, 3.63) is 77.3 Å². The number of likely N-dealkylation sites (N-methyl/N-ethyl adjacent to an activating group) is 3. The molecule has 14 heteroatoms. The van der Waals surface area contributed by atoms with E-state index in [0.717, 1.165) is 19.5 Å². The molecule has 14 nitrogen and oxygen atoms in total. The number of nitrogens with two attached hydrogens (primary N) is 1. The summed E-state index contributed by atoms with van der Waals surface area (Å²) in [6.45, 7) is 4.90. The first-order chi connectivity index (χ1) is 22.4. The van der Waals surface area contributed by atoms with Gasteiger partial charge in [0.25, 0.3) is 5.91 Å². The maximum atomic E-state index is 13.3. The molecule has 0 saturated heterocycles. The van der Waals surface area contributed by atoms with Gasteiger partial charge in [0, 0.05) is 68.1 Å². The lowest BCUT2D eigenvalue weighted by molar-refractivity contribution is -0.130. The lowest BCUT2D eigenvalue weighted by Gasteiger charge is -2.19. The Hall–Kier alpha value is -5.08. The van der Waals surface area contributed by atoms with Crippen LogP contribution >= 0.6 is 0 Å². The maximum Gasteiger partial charge on any atom is 0.260 e. The molecule has 1 aliphatic carbocycles. The number of primary amides is 1. The van der Waals surface area contributed by atoms with Gasteiger partial charge in [-0.1, -0.05) is 19.1 Å². The number of anilines is 3. The largest absolute Gasteiger partial charge is 0.369 e. The number of hydrogen-bond acceptors (Lipinski definition) is 10. The van der Waals surface area contributed by atoms with Gasteiger partial charge in [-0.2, -0.15) is 4.98 Å². The van der Waals surface area contributed by atoms with Crippen molar-refractivity contribution < 1.29 is 19.2 Å². The highest BCUT2D eigenvalue weighted by molar-refractivity contribution is 6.00. The quantitative estimate of drug-likeness (QED) is 0.160. The zero-order valence-electron chi connectivity index (χ0n) is 27.8. The van der Waals surface area contributed by atoms with Gasteiger partial charge < -0.3 is 41.7 Å². The molecule has 2 aromatic rings. The van der Waals surface area contributed by atoms with E-state index < -0.39 is 11.8 Å². The molecule has 1 aliphatic rings. The van der Waals surface area contributed by atoms with Crippen molar-refractivity contribution in [2.45, 2.75) is 26.2 Å². The average Bonchev–Trinajstić information content (AvgIpc) is 3.03. The number of rotatable bonds is 17. The van der Waals surface area contributed by atoms with Crippen molar-refractivity contribution in [3.63, 3.8) is 0 Å². The molecule has 0 spiro atoms. The van der Waals surface area contributed by atoms with Crippen LogP contribution < -0.4 is 27.0 Å². The smallest absolute Gasteiger partial charge is 0.260 e. The van der Waals surface area contributed by atoms with Crippen molar-refractivity contribution in [3.8, 4) is 0 Å². The minimum atomic E-state index is -0.523.